The monoisotopic (exact) mass is 210 g/mol. The molecule has 1 aromatic heterocycles. The summed E-state index contributed by atoms with van der Waals surface area (Å²) < 4.78 is 0. The van der Waals surface area contributed by atoms with Crippen LogP contribution in [0.15, 0.2) is 17.0 Å². The van der Waals surface area contributed by atoms with Gasteiger partial charge in [-0.2, -0.15) is 0 Å². The molecular formula is C10H14N2OS. The number of rotatable bonds is 2. The number of nitrogens with zero attached hydrogens (tertiary/aromatic N) is 2. The fourth-order valence-corrected chi connectivity index (χ4v) is 2.31. The van der Waals surface area contributed by atoms with E-state index >= 15 is 0 Å². The average Bonchev–Trinajstić information content (AvgIpc) is 2.67. The second-order valence-electron chi connectivity index (χ2n) is 3.53. The number of hydrogen-bond acceptors (Lipinski definition) is 4. The first-order valence-corrected chi connectivity index (χ1v) is 5.63. The molecule has 0 saturated carbocycles. The molecule has 0 aliphatic carbocycles. The molecule has 0 fully saturated rings. The molecule has 0 radical (unpaired) electrons. The minimum atomic E-state index is 0.0409. The third kappa shape index (κ3) is 1.96. The van der Waals surface area contributed by atoms with E-state index in [4.69, 9.17) is 5.11 Å². The summed E-state index contributed by atoms with van der Waals surface area (Å²) in [5.41, 5.74) is 2.23. The van der Waals surface area contributed by atoms with Gasteiger partial charge in [0.2, 0.25) is 0 Å². The Morgan fingerprint density at radius 3 is 3.07 bits per heavy atom. The summed E-state index contributed by atoms with van der Waals surface area (Å²) in [7, 11) is 0. The van der Waals surface area contributed by atoms with Gasteiger partial charge in [-0.1, -0.05) is 11.6 Å². The molecule has 2 rings (SSSR count). The van der Waals surface area contributed by atoms with Gasteiger partial charge in [0, 0.05) is 18.5 Å². The highest BCUT2D eigenvalue weighted by Crippen LogP contribution is 2.23. The van der Waals surface area contributed by atoms with E-state index in [1.54, 1.807) is 11.3 Å². The van der Waals surface area contributed by atoms with E-state index in [-0.39, 0.29) is 6.61 Å². The van der Waals surface area contributed by atoms with Gasteiger partial charge in [0.15, 0.2) is 5.13 Å². The summed E-state index contributed by atoms with van der Waals surface area (Å²) in [6.07, 6.45) is 3.36. The Balaban J connectivity index is 2.09. The van der Waals surface area contributed by atoms with Crippen molar-refractivity contribution in [2.24, 2.45) is 0 Å². The Morgan fingerprint density at radius 1 is 1.64 bits per heavy atom. The van der Waals surface area contributed by atoms with E-state index in [0.717, 1.165) is 30.3 Å². The average molecular weight is 210 g/mol. The van der Waals surface area contributed by atoms with E-state index in [1.165, 1.54) is 5.57 Å². The lowest BCUT2D eigenvalue weighted by Crippen LogP contribution is -2.27. The minimum Gasteiger partial charge on any atom is -0.390 e. The van der Waals surface area contributed by atoms with Gasteiger partial charge < -0.3 is 10.0 Å². The number of anilines is 1. The van der Waals surface area contributed by atoms with Gasteiger partial charge in [0.25, 0.3) is 0 Å². The van der Waals surface area contributed by atoms with Crippen LogP contribution in [-0.4, -0.2) is 23.2 Å². The molecule has 1 N–H and O–H groups in total. The number of aliphatic hydroxyl groups is 1. The molecule has 1 aliphatic heterocycles. The van der Waals surface area contributed by atoms with E-state index in [0.29, 0.717) is 0 Å². The molecule has 0 amide bonds. The Labute approximate surface area is 87.7 Å². The van der Waals surface area contributed by atoms with Crippen molar-refractivity contribution in [3.05, 3.63) is 22.7 Å². The Kier molecular flexibility index (Phi) is 2.84. The van der Waals surface area contributed by atoms with Crippen LogP contribution in [0.25, 0.3) is 0 Å². The zero-order valence-electron chi connectivity index (χ0n) is 8.23. The smallest absolute Gasteiger partial charge is 0.185 e. The third-order valence-electron chi connectivity index (χ3n) is 2.41. The van der Waals surface area contributed by atoms with Crippen LogP contribution >= 0.6 is 11.3 Å². The van der Waals surface area contributed by atoms with Gasteiger partial charge in [-0.05, 0) is 13.3 Å². The first kappa shape index (κ1) is 9.68. The number of aliphatic hydroxyl groups excluding tert-OH is 1. The zero-order chi connectivity index (χ0) is 9.97. The Hall–Kier alpha value is -0.870. The highest BCUT2D eigenvalue weighted by Gasteiger charge is 2.13. The highest BCUT2D eigenvalue weighted by molar-refractivity contribution is 7.13. The van der Waals surface area contributed by atoms with E-state index in [2.05, 4.69) is 22.9 Å². The first-order chi connectivity index (χ1) is 6.79. The predicted octanol–water partition coefficient (Wildman–Crippen LogP) is 1.79. The lowest BCUT2D eigenvalue weighted by molar-refractivity contribution is 0.277. The molecule has 76 valence electrons. The summed E-state index contributed by atoms with van der Waals surface area (Å²) in [6.45, 7) is 4.20. The molecule has 1 aromatic rings. The maximum atomic E-state index is 8.91. The van der Waals surface area contributed by atoms with Crippen LogP contribution in [0, 0.1) is 0 Å². The van der Waals surface area contributed by atoms with Crippen LogP contribution in [0.2, 0.25) is 0 Å². The number of aromatic nitrogens is 1. The second kappa shape index (κ2) is 4.11. The summed E-state index contributed by atoms with van der Waals surface area (Å²) in [6, 6.07) is 0. The van der Waals surface area contributed by atoms with Crippen molar-refractivity contribution in [1.29, 1.82) is 0 Å². The van der Waals surface area contributed by atoms with E-state index in [1.807, 2.05) is 5.38 Å². The Morgan fingerprint density at radius 2 is 2.50 bits per heavy atom. The fourth-order valence-electron chi connectivity index (χ4n) is 1.46. The standard InChI is InChI=1S/C10H14N2OS/c1-8-2-4-12(5-3-8)10-11-9(6-13)7-14-10/h2,7,13H,3-6H2,1H3. The maximum Gasteiger partial charge on any atom is 0.185 e. The van der Waals surface area contributed by atoms with Crippen molar-refractivity contribution < 1.29 is 5.11 Å². The van der Waals surface area contributed by atoms with Crippen molar-refractivity contribution in [1.82, 2.24) is 4.98 Å². The minimum absolute atomic E-state index is 0.0409. The number of hydrogen-bond donors (Lipinski definition) is 1. The summed E-state index contributed by atoms with van der Waals surface area (Å²) >= 11 is 1.61. The van der Waals surface area contributed by atoms with E-state index < -0.39 is 0 Å². The van der Waals surface area contributed by atoms with Crippen LogP contribution in [0.5, 0.6) is 0 Å². The summed E-state index contributed by atoms with van der Waals surface area (Å²) in [5, 5.41) is 11.8. The summed E-state index contributed by atoms with van der Waals surface area (Å²) in [5.74, 6) is 0. The predicted molar refractivity (Wildman–Crippen MR) is 58.6 cm³/mol. The lowest BCUT2D eigenvalue weighted by Gasteiger charge is -2.24. The van der Waals surface area contributed by atoms with Crippen LogP contribution < -0.4 is 4.90 Å². The quantitative estimate of drug-likeness (QED) is 0.756. The molecular weight excluding hydrogens is 196 g/mol. The van der Waals surface area contributed by atoms with Crippen LogP contribution in [-0.2, 0) is 6.61 Å². The molecule has 0 unspecified atom stereocenters. The summed E-state index contributed by atoms with van der Waals surface area (Å²) in [4.78, 5) is 6.59. The first-order valence-electron chi connectivity index (χ1n) is 4.75. The van der Waals surface area contributed by atoms with Crippen molar-refractivity contribution in [2.75, 3.05) is 18.0 Å². The molecule has 0 spiro atoms. The Bertz CT molecular complexity index is 346. The van der Waals surface area contributed by atoms with Crippen LogP contribution in [0.4, 0.5) is 5.13 Å². The van der Waals surface area contributed by atoms with Crippen molar-refractivity contribution in [2.45, 2.75) is 20.0 Å². The molecule has 0 bridgehead atoms. The highest BCUT2D eigenvalue weighted by atomic mass is 32.1. The van der Waals surface area contributed by atoms with Gasteiger partial charge in [0.05, 0.1) is 12.3 Å². The van der Waals surface area contributed by atoms with Gasteiger partial charge in [0.1, 0.15) is 0 Å². The van der Waals surface area contributed by atoms with Gasteiger partial charge in [-0.15, -0.1) is 11.3 Å². The van der Waals surface area contributed by atoms with E-state index in [9.17, 15) is 0 Å². The fraction of sp³-hybridized carbons (Fsp3) is 0.500. The van der Waals surface area contributed by atoms with Crippen molar-refractivity contribution in [3.8, 4) is 0 Å². The molecule has 3 nitrogen and oxygen atoms in total. The molecule has 2 heterocycles. The zero-order valence-corrected chi connectivity index (χ0v) is 9.05. The molecule has 1 aliphatic rings. The maximum absolute atomic E-state index is 8.91. The molecule has 0 saturated heterocycles. The molecule has 0 aromatic carbocycles. The lowest BCUT2D eigenvalue weighted by atomic mass is 10.1. The third-order valence-corrected chi connectivity index (χ3v) is 3.36. The van der Waals surface area contributed by atoms with Gasteiger partial charge in [-0.3, -0.25) is 0 Å². The molecule has 0 atom stereocenters. The number of thiazole rings is 1. The van der Waals surface area contributed by atoms with Gasteiger partial charge >= 0.3 is 0 Å². The van der Waals surface area contributed by atoms with Crippen molar-refractivity contribution in [3.63, 3.8) is 0 Å². The molecule has 4 heteroatoms. The largest absolute Gasteiger partial charge is 0.390 e. The van der Waals surface area contributed by atoms with Crippen LogP contribution in [0.1, 0.15) is 19.0 Å². The SMILES string of the molecule is CC1=CCN(c2nc(CO)cs2)CC1. The normalized spacial score (nSPS) is 17.0. The topological polar surface area (TPSA) is 36.4 Å². The van der Waals surface area contributed by atoms with Gasteiger partial charge in [-0.25, -0.2) is 4.98 Å². The van der Waals surface area contributed by atoms with Crippen molar-refractivity contribution >= 4 is 16.5 Å². The second-order valence-corrected chi connectivity index (χ2v) is 4.36. The molecule has 14 heavy (non-hydrogen) atoms. The van der Waals surface area contributed by atoms with Crippen LogP contribution in [0.3, 0.4) is 0 Å².